The van der Waals surface area contributed by atoms with Crippen LogP contribution in [-0.4, -0.2) is 24.5 Å². The minimum Gasteiger partial charge on any atom is -0.494 e. The van der Waals surface area contributed by atoms with E-state index in [1.807, 2.05) is 45.0 Å². The molecular weight excluding hydrogens is 364 g/mol. The Morgan fingerprint density at radius 2 is 1.59 bits per heavy atom. The smallest absolute Gasteiger partial charge is 0.247 e. The van der Waals surface area contributed by atoms with Crippen LogP contribution in [0.25, 0.3) is 0 Å². The van der Waals surface area contributed by atoms with Gasteiger partial charge in [-0.05, 0) is 93.4 Å². The van der Waals surface area contributed by atoms with Crippen LogP contribution in [0, 0.1) is 29.1 Å². The number of anilines is 1. The molecule has 0 saturated heterocycles. The second kappa shape index (κ2) is 8.00. The lowest BCUT2D eigenvalue weighted by molar-refractivity contribution is -0.148. The predicted molar refractivity (Wildman–Crippen MR) is 114 cm³/mol. The molecule has 0 radical (unpaired) electrons. The first-order valence-electron chi connectivity index (χ1n) is 11.2. The maximum atomic E-state index is 13.4. The van der Waals surface area contributed by atoms with Crippen LogP contribution in [-0.2, 0) is 9.59 Å². The molecule has 5 rings (SSSR count). The molecule has 29 heavy (non-hydrogen) atoms. The van der Waals surface area contributed by atoms with Gasteiger partial charge in [-0.3, -0.25) is 9.59 Å². The standard InChI is InChI=1S/C24H34N2O3/c1-4-29-20-7-5-19(6-8-20)25-22(27)21(15(2)3)26-23(28)24-12-16-9-17(13-24)11-18(10-16)14-24/h5-8,15-18,21H,4,9-14H2,1-3H3,(H,25,27)(H,26,28)/t16?,17?,18?,21-,24?/m1/s1. The minimum atomic E-state index is -0.526. The van der Waals surface area contributed by atoms with Gasteiger partial charge in [0.15, 0.2) is 0 Å². The van der Waals surface area contributed by atoms with Gasteiger partial charge in [0.25, 0.3) is 0 Å². The van der Waals surface area contributed by atoms with E-state index in [9.17, 15) is 9.59 Å². The van der Waals surface area contributed by atoms with E-state index in [-0.39, 0.29) is 23.1 Å². The lowest BCUT2D eigenvalue weighted by Gasteiger charge is -2.55. The zero-order chi connectivity index (χ0) is 20.6. The van der Waals surface area contributed by atoms with Gasteiger partial charge in [0.05, 0.1) is 6.61 Å². The van der Waals surface area contributed by atoms with Crippen LogP contribution in [0.4, 0.5) is 5.69 Å². The Bertz CT molecular complexity index is 721. The summed E-state index contributed by atoms with van der Waals surface area (Å²) in [5.41, 5.74) is 0.481. The van der Waals surface area contributed by atoms with Gasteiger partial charge in [0.1, 0.15) is 11.8 Å². The predicted octanol–water partition coefficient (Wildman–Crippen LogP) is 4.38. The number of amides is 2. The molecule has 4 bridgehead atoms. The maximum Gasteiger partial charge on any atom is 0.247 e. The van der Waals surface area contributed by atoms with Gasteiger partial charge in [-0.2, -0.15) is 0 Å². The lowest BCUT2D eigenvalue weighted by atomic mass is 9.49. The Labute approximate surface area is 174 Å². The number of carbonyl (C=O) groups excluding carboxylic acids is 2. The molecule has 0 heterocycles. The fourth-order valence-corrected chi connectivity index (χ4v) is 6.24. The highest BCUT2D eigenvalue weighted by atomic mass is 16.5. The van der Waals surface area contributed by atoms with Crippen molar-refractivity contribution in [3.05, 3.63) is 24.3 Å². The molecule has 1 aromatic carbocycles. The molecule has 1 atom stereocenters. The SMILES string of the molecule is CCOc1ccc(NC(=O)[C@H](NC(=O)C23CC4CC(CC(C4)C2)C3)C(C)C)cc1. The molecule has 4 fully saturated rings. The molecule has 4 aliphatic rings. The van der Waals surface area contributed by atoms with Crippen molar-refractivity contribution in [3.8, 4) is 5.75 Å². The number of benzene rings is 1. The van der Waals surface area contributed by atoms with Crippen LogP contribution in [0.15, 0.2) is 24.3 Å². The largest absolute Gasteiger partial charge is 0.494 e. The van der Waals surface area contributed by atoms with Gasteiger partial charge in [0, 0.05) is 11.1 Å². The Morgan fingerprint density at radius 1 is 1.03 bits per heavy atom. The van der Waals surface area contributed by atoms with Crippen LogP contribution < -0.4 is 15.4 Å². The number of carbonyl (C=O) groups is 2. The van der Waals surface area contributed by atoms with Crippen molar-refractivity contribution in [1.29, 1.82) is 0 Å². The number of ether oxygens (including phenoxy) is 1. The molecule has 5 nitrogen and oxygen atoms in total. The summed E-state index contributed by atoms with van der Waals surface area (Å²) in [4.78, 5) is 26.3. The molecule has 5 heteroatoms. The van der Waals surface area contributed by atoms with E-state index < -0.39 is 6.04 Å². The second-order valence-electron chi connectivity index (χ2n) is 9.84. The molecular formula is C24H34N2O3. The normalized spacial score (nSPS) is 30.8. The first-order valence-corrected chi connectivity index (χ1v) is 11.2. The topological polar surface area (TPSA) is 67.4 Å². The molecule has 4 saturated carbocycles. The summed E-state index contributed by atoms with van der Waals surface area (Å²) in [7, 11) is 0. The van der Waals surface area contributed by atoms with Crippen LogP contribution in [0.3, 0.4) is 0 Å². The third kappa shape index (κ3) is 4.15. The van der Waals surface area contributed by atoms with Crippen LogP contribution >= 0.6 is 0 Å². The Balaban J connectivity index is 1.42. The monoisotopic (exact) mass is 398 g/mol. The summed E-state index contributed by atoms with van der Waals surface area (Å²) in [6.45, 7) is 6.53. The first-order chi connectivity index (χ1) is 13.9. The zero-order valence-electron chi connectivity index (χ0n) is 17.9. The van der Waals surface area contributed by atoms with E-state index in [2.05, 4.69) is 10.6 Å². The number of hydrogen-bond acceptors (Lipinski definition) is 3. The fourth-order valence-electron chi connectivity index (χ4n) is 6.24. The highest BCUT2D eigenvalue weighted by Gasteiger charge is 2.55. The third-order valence-corrected chi connectivity index (χ3v) is 7.19. The summed E-state index contributed by atoms with van der Waals surface area (Å²) in [5.74, 6) is 2.89. The van der Waals surface area contributed by atoms with Crippen LogP contribution in [0.5, 0.6) is 5.75 Å². The van der Waals surface area contributed by atoms with Crippen molar-refractivity contribution in [2.45, 2.75) is 65.3 Å². The third-order valence-electron chi connectivity index (χ3n) is 7.19. The average molecular weight is 399 g/mol. The maximum absolute atomic E-state index is 13.4. The van der Waals surface area contributed by atoms with Crippen LogP contribution in [0.2, 0.25) is 0 Å². The molecule has 0 spiro atoms. The van der Waals surface area contributed by atoms with Crippen molar-refractivity contribution in [1.82, 2.24) is 5.32 Å². The van der Waals surface area contributed by atoms with Gasteiger partial charge in [-0.1, -0.05) is 13.8 Å². The molecule has 1 aromatic rings. The van der Waals surface area contributed by atoms with Crippen molar-refractivity contribution in [2.24, 2.45) is 29.1 Å². The van der Waals surface area contributed by atoms with Gasteiger partial charge >= 0.3 is 0 Å². The van der Waals surface area contributed by atoms with Crippen molar-refractivity contribution in [3.63, 3.8) is 0 Å². The van der Waals surface area contributed by atoms with E-state index in [1.54, 1.807) is 0 Å². The summed E-state index contributed by atoms with van der Waals surface area (Å²) < 4.78 is 5.45. The average Bonchev–Trinajstić information content (AvgIpc) is 2.66. The first kappa shape index (κ1) is 20.2. The summed E-state index contributed by atoms with van der Waals surface area (Å²) in [5, 5.41) is 6.11. The summed E-state index contributed by atoms with van der Waals surface area (Å²) in [6.07, 6.45) is 6.94. The highest BCUT2D eigenvalue weighted by Crippen LogP contribution is 2.60. The van der Waals surface area contributed by atoms with Crippen LogP contribution in [0.1, 0.15) is 59.3 Å². The number of rotatable bonds is 7. The van der Waals surface area contributed by atoms with Crippen molar-refractivity contribution in [2.75, 3.05) is 11.9 Å². The molecule has 2 amide bonds. The van der Waals surface area contributed by atoms with Gasteiger partial charge in [-0.15, -0.1) is 0 Å². The van der Waals surface area contributed by atoms with Gasteiger partial charge < -0.3 is 15.4 Å². The van der Waals surface area contributed by atoms with Crippen molar-refractivity contribution >= 4 is 17.5 Å². The molecule has 0 aromatic heterocycles. The quantitative estimate of drug-likeness (QED) is 0.716. The van der Waals surface area contributed by atoms with E-state index in [4.69, 9.17) is 4.74 Å². The molecule has 4 aliphatic carbocycles. The van der Waals surface area contributed by atoms with Gasteiger partial charge in [-0.25, -0.2) is 0 Å². The number of hydrogen-bond donors (Lipinski definition) is 2. The highest BCUT2D eigenvalue weighted by molar-refractivity contribution is 5.98. The summed E-state index contributed by atoms with van der Waals surface area (Å²) in [6, 6.07) is 6.83. The lowest BCUT2D eigenvalue weighted by Crippen LogP contribution is -2.57. The molecule has 0 unspecified atom stereocenters. The Morgan fingerprint density at radius 3 is 2.07 bits per heavy atom. The fraction of sp³-hybridized carbons (Fsp3) is 0.667. The van der Waals surface area contributed by atoms with E-state index in [0.29, 0.717) is 30.0 Å². The minimum absolute atomic E-state index is 0.0237. The second-order valence-corrected chi connectivity index (χ2v) is 9.84. The Kier molecular flexibility index (Phi) is 5.58. The number of nitrogens with one attached hydrogen (secondary N) is 2. The van der Waals surface area contributed by atoms with Crippen molar-refractivity contribution < 1.29 is 14.3 Å². The molecule has 0 aliphatic heterocycles. The van der Waals surface area contributed by atoms with E-state index in [1.165, 1.54) is 19.3 Å². The van der Waals surface area contributed by atoms with E-state index in [0.717, 1.165) is 25.0 Å². The summed E-state index contributed by atoms with van der Waals surface area (Å²) >= 11 is 0. The molecule has 158 valence electrons. The van der Waals surface area contributed by atoms with E-state index >= 15 is 0 Å². The van der Waals surface area contributed by atoms with Gasteiger partial charge in [0.2, 0.25) is 11.8 Å². The Hall–Kier alpha value is -2.04. The zero-order valence-corrected chi connectivity index (χ0v) is 17.9. The molecule has 2 N–H and O–H groups in total.